The summed E-state index contributed by atoms with van der Waals surface area (Å²) in [4.78, 5) is 12.8. The average molecular weight is 490 g/mol. The Morgan fingerprint density at radius 2 is 1.66 bits per heavy atom. The van der Waals surface area contributed by atoms with Crippen molar-refractivity contribution < 1.29 is 14.6 Å². The Labute approximate surface area is 184 Å². The van der Waals surface area contributed by atoms with Crippen molar-refractivity contribution in [3.63, 3.8) is 0 Å². The zero-order valence-electron chi connectivity index (χ0n) is 18.1. The molecule has 1 aliphatic carbocycles. The molecule has 0 radical (unpaired) electrons. The lowest BCUT2D eigenvalue weighted by Gasteiger charge is -2.34. The van der Waals surface area contributed by atoms with Crippen molar-refractivity contribution in [2.75, 3.05) is 0 Å². The molecule has 3 nitrogen and oxygen atoms in total. The molecule has 0 amide bonds. The third-order valence-corrected chi connectivity index (χ3v) is 8.55. The Hall–Kier alpha value is -1.40. The van der Waals surface area contributed by atoms with Crippen LogP contribution < -0.4 is 0 Å². The number of hydrogen-bond donors (Lipinski definition) is 1. The van der Waals surface area contributed by atoms with Gasteiger partial charge < -0.3 is 9.84 Å². The van der Waals surface area contributed by atoms with E-state index in [2.05, 4.69) is 66.7 Å². The Morgan fingerprint density at radius 1 is 1.07 bits per heavy atom. The number of rotatable bonds is 3. The number of carbonyl (C=O) groups is 1. The molecule has 6 heteroatoms. The fourth-order valence-electron chi connectivity index (χ4n) is 3.90. The summed E-state index contributed by atoms with van der Waals surface area (Å²) in [5.74, 6) is 3.69. The van der Waals surface area contributed by atoms with Gasteiger partial charge in [0.15, 0.2) is 0 Å². The predicted molar refractivity (Wildman–Crippen MR) is 127 cm³/mol. The van der Waals surface area contributed by atoms with E-state index in [1.807, 2.05) is 24.3 Å². The third-order valence-electron chi connectivity index (χ3n) is 5.08. The summed E-state index contributed by atoms with van der Waals surface area (Å²) >= 11 is 3.48. The zero-order chi connectivity index (χ0) is 21.6. The molecule has 1 atom stereocenters. The Morgan fingerprint density at radius 3 is 2.21 bits per heavy atom. The van der Waals surface area contributed by atoms with Gasteiger partial charge in [-0.2, -0.15) is 0 Å². The van der Waals surface area contributed by atoms with Crippen molar-refractivity contribution >= 4 is 43.6 Å². The van der Waals surface area contributed by atoms with Gasteiger partial charge in [-0.15, -0.1) is 11.5 Å². The molecule has 0 spiro atoms. The highest BCUT2D eigenvalue weighted by molar-refractivity contribution is 9.10. The third kappa shape index (κ3) is 5.03. The number of aliphatic hydroxyl groups is 1. The van der Waals surface area contributed by atoms with Crippen LogP contribution in [0.1, 0.15) is 24.8 Å². The van der Waals surface area contributed by atoms with E-state index in [-0.39, 0.29) is 5.97 Å². The minimum Gasteiger partial charge on any atom is -0.423 e. The highest BCUT2D eigenvalue weighted by atomic mass is 79.9. The fourth-order valence-corrected chi connectivity index (χ4v) is 6.55. The van der Waals surface area contributed by atoms with Crippen LogP contribution in [-0.2, 0) is 9.53 Å². The highest BCUT2D eigenvalue weighted by Crippen LogP contribution is 2.48. The molecular weight excluding hydrogens is 460 g/mol. The van der Waals surface area contributed by atoms with Crippen molar-refractivity contribution in [2.45, 2.75) is 64.1 Å². The summed E-state index contributed by atoms with van der Waals surface area (Å²) in [6.45, 7) is 13.1. The van der Waals surface area contributed by atoms with Crippen LogP contribution >= 0.6 is 15.9 Å². The number of halogens is 1. The van der Waals surface area contributed by atoms with Crippen molar-refractivity contribution in [1.82, 2.24) is 0 Å². The lowest BCUT2D eigenvalue weighted by molar-refractivity contribution is -0.132. The number of benzene rings is 1. The van der Waals surface area contributed by atoms with E-state index >= 15 is 0 Å². The lowest BCUT2D eigenvalue weighted by atomic mass is 9.77. The van der Waals surface area contributed by atoms with E-state index in [1.165, 1.54) is 0 Å². The number of esters is 1. The predicted octanol–water partition coefficient (Wildman–Crippen LogP) is 5.69. The van der Waals surface area contributed by atoms with Gasteiger partial charge in [-0.3, -0.25) is 0 Å². The van der Waals surface area contributed by atoms with Crippen molar-refractivity contribution in [2.24, 2.45) is 0 Å². The Balaban J connectivity index is 2.13. The first-order valence-electron chi connectivity index (χ1n) is 9.97. The molecule has 0 fully saturated rings. The molecule has 3 rings (SSSR count). The maximum atomic E-state index is 12.8. The second kappa shape index (κ2) is 7.70. The standard InChI is InChI=1S/C23H29BrO3Si2/c1-28(2,3)13-7-12-23(26)14-18(16-8-10-17(24)11-9-16)20-19(15-23)21(22(25)27-20)29(4,5)6/h8-11,26H,12,14-15H2,1-6H3. The van der Waals surface area contributed by atoms with Crippen molar-refractivity contribution in [3.8, 4) is 11.5 Å². The van der Waals surface area contributed by atoms with Crippen LogP contribution in [0.15, 0.2) is 45.3 Å². The van der Waals surface area contributed by atoms with Gasteiger partial charge in [-0.05, 0) is 17.7 Å². The van der Waals surface area contributed by atoms with Gasteiger partial charge >= 0.3 is 5.97 Å². The van der Waals surface area contributed by atoms with Gasteiger partial charge in [0, 0.05) is 40.1 Å². The van der Waals surface area contributed by atoms with Gasteiger partial charge in [0.05, 0.1) is 13.7 Å². The quantitative estimate of drug-likeness (QED) is 0.337. The number of fused-ring (bicyclic) bond motifs is 1. The van der Waals surface area contributed by atoms with E-state index in [1.54, 1.807) is 0 Å². The summed E-state index contributed by atoms with van der Waals surface area (Å²) in [5.41, 5.74) is 5.15. The zero-order valence-corrected chi connectivity index (χ0v) is 21.7. The van der Waals surface area contributed by atoms with Crippen LogP contribution in [0, 0.1) is 11.5 Å². The first kappa shape index (κ1) is 22.3. The van der Waals surface area contributed by atoms with Gasteiger partial charge in [0.2, 0.25) is 0 Å². The topological polar surface area (TPSA) is 46.5 Å². The molecule has 29 heavy (non-hydrogen) atoms. The largest absolute Gasteiger partial charge is 0.423 e. The molecule has 1 heterocycles. The molecule has 154 valence electrons. The van der Waals surface area contributed by atoms with E-state index in [0.717, 1.165) is 26.4 Å². The van der Waals surface area contributed by atoms with Gasteiger partial charge in [0.1, 0.15) is 13.8 Å². The maximum Gasteiger partial charge on any atom is 0.335 e. The normalized spacial score (nSPS) is 22.3. The molecule has 1 aromatic carbocycles. The molecule has 2 aliphatic rings. The van der Waals surface area contributed by atoms with E-state index in [4.69, 9.17) is 4.74 Å². The summed E-state index contributed by atoms with van der Waals surface area (Å²) in [6.07, 6.45) is 1.26. The molecule has 0 aromatic heterocycles. The van der Waals surface area contributed by atoms with E-state index in [9.17, 15) is 9.90 Å². The minimum atomic E-state index is -1.94. The Bertz CT molecular complexity index is 967. The summed E-state index contributed by atoms with van der Waals surface area (Å²) in [5, 5.41) is 12.4. The molecule has 0 bridgehead atoms. The van der Waals surface area contributed by atoms with Crippen LogP contribution in [0.5, 0.6) is 0 Å². The number of allylic oxidation sites excluding steroid dienone is 1. The van der Waals surface area contributed by atoms with Crippen LogP contribution in [0.3, 0.4) is 0 Å². The molecule has 0 saturated carbocycles. The number of carbonyl (C=O) groups excluding carboxylic acids is 1. The van der Waals surface area contributed by atoms with Gasteiger partial charge in [-0.25, -0.2) is 4.79 Å². The molecule has 1 unspecified atom stereocenters. The second-order valence-corrected chi connectivity index (χ2v) is 20.8. The average Bonchev–Trinajstić information content (AvgIpc) is 2.89. The van der Waals surface area contributed by atoms with E-state index in [0.29, 0.717) is 25.0 Å². The first-order valence-corrected chi connectivity index (χ1v) is 17.8. The van der Waals surface area contributed by atoms with Crippen LogP contribution in [0.2, 0.25) is 39.3 Å². The SMILES string of the molecule is C[Si](C)(C)C#CCC1(O)CC2=C([Si](C)(C)C)C(=O)OC2=C(c2ccc(Br)cc2)C1. The second-order valence-electron chi connectivity index (χ2n) is 10.1. The van der Waals surface area contributed by atoms with Crippen LogP contribution in [0.4, 0.5) is 0 Å². The minimum absolute atomic E-state index is 0.235. The Kier molecular flexibility index (Phi) is 5.92. The van der Waals surface area contributed by atoms with Crippen molar-refractivity contribution in [1.29, 1.82) is 0 Å². The summed E-state index contributed by atoms with van der Waals surface area (Å²) < 4.78 is 6.79. The lowest BCUT2D eigenvalue weighted by Crippen LogP contribution is -2.35. The number of ether oxygens (including phenoxy) is 1. The van der Waals surface area contributed by atoms with Crippen molar-refractivity contribution in [3.05, 3.63) is 50.8 Å². The smallest absolute Gasteiger partial charge is 0.335 e. The van der Waals surface area contributed by atoms with Gasteiger partial charge in [-0.1, -0.05) is 67.3 Å². The highest BCUT2D eigenvalue weighted by Gasteiger charge is 2.46. The molecule has 0 saturated heterocycles. The monoisotopic (exact) mass is 488 g/mol. The maximum absolute atomic E-state index is 12.8. The molecule has 1 N–H and O–H groups in total. The van der Waals surface area contributed by atoms with Crippen LogP contribution in [-0.4, -0.2) is 32.8 Å². The number of hydrogen-bond acceptors (Lipinski definition) is 3. The molecular formula is C23H29BrO3Si2. The van der Waals surface area contributed by atoms with Crippen LogP contribution in [0.25, 0.3) is 5.57 Å². The fraction of sp³-hybridized carbons (Fsp3) is 0.435. The van der Waals surface area contributed by atoms with Gasteiger partial charge in [0.25, 0.3) is 0 Å². The summed E-state index contributed by atoms with van der Waals surface area (Å²) in [6, 6.07) is 7.95. The molecule has 1 aromatic rings. The first-order chi connectivity index (χ1) is 13.3. The summed E-state index contributed by atoms with van der Waals surface area (Å²) in [7, 11) is -3.45. The molecule has 1 aliphatic heterocycles. The van der Waals surface area contributed by atoms with E-state index < -0.39 is 21.7 Å².